The van der Waals surface area contributed by atoms with Crippen molar-refractivity contribution in [2.24, 2.45) is 5.41 Å². The molecule has 1 heterocycles. The molecule has 0 radical (unpaired) electrons. The third-order valence-electron chi connectivity index (χ3n) is 5.60. The van der Waals surface area contributed by atoms with Crippen LogP contribution in [0.3, 0.4) is 0 Å². The van der Waals surface area contributed by atoms with Crippen molar-refractivity contribution in [3.8, 4) is 21.9 Å². The lowest BCUT2D eigenvalue weighted by atomic mass is 9.76. The number of rotatable bonds is 5. The zero-order valence-corrected chi connectivity index (χ0v) is 19.9. The molecule has 4 nitrogen and oxygen atoms in total. The summed E-state index contributed by atoms with van der Waals surface area (Å²) in [6, 6.07) is 16.6. The average Bonchev–Trinajstić information content (AvgIpc) is 3.06. The van der Waals surface area contributed by atoms with Crippen LogP contribution in [0.2, 0.25) is 0 Å². The van der Waals surface area contributed by atoms with Gasteiger partial charge >= 0.3 is 0 Å². The molecule has 0 unspecified atom stereocenters. The molecule has 4 rings (SSSR count). The lowest BCUT2D eigenvalue weighted by Gasteiger charge is -2.29. The van der Waals surface area contributed by atoms with E-state index in [1.165, 1.54) is 40.8 Å². The second-order valence-electron chi connectivity index (χ2n) is 8.51. The van der Waals surface area contributed by atoms with Crippen LogP contribution >= 0.6 is 24.2 Å². The van der Waals surface area contributed by atoms with E-state index in [9.17, 15) is 0 Å². The van der Waals surface area contributed by atoms with E-state index < -0.39 is 0 Å². The number of benzene rings is 2. The van der Waals surface area contributed by atoms with E-state index in [0.29, 0.717) is 5.41 Å². The van der Waals surface area contributed by atoms with Crippen LogP contribution in [-0.2, 0) is 24.2 Å². The summed E-state index contributed by atoms with van der Waals surface area (Å²) in [4.78, 5) is 11.4. The molecular weight excluding hydrogens is 426 g/mol. The number of carbonyl (C=O) groups is 1. The summed E-state index contributed by atoms with van der Waals surface area (Å²) in [6.45, 7) is 7.55. The fourth-order valence-corrected chi connectivity index (χ4v) is 5.42. The Labute approximate surface area is 193 Å². The van der Waals surface area contributed by atoms with E-state index in [1.54, 1.807) is 10.4 Å². The summed E-state index contributed by atoms with van der Waals surface area (Å²) in [5, 5.41) is 6.89. The van der Waals surface area contributed by atoms with Crippen LogP contribution in [0, 0.1) is 12.3 Å². The molecule has 0 fully saturated rings. The first-order chi connectivity index (χ1) is 14.9. The zero-order valence-electron chi connectivity index (χ0n) is 18.1. The summed E-state index contributed by atoms with van der Waals surface area (Å²) in [7, 11) is 0. The van der Waals surface area contributed by atoms with E-state index in [-0.39, 0.29) is 6.47 Å². The molecule has 2 N–H and O–H groups in total. The topological polar surface area (TPSA) is 58.6 Å². The molecule has 0 saturated carbocycles. The summed E-state index contributed by atoms with van der Waals surface area (Å²) < 4.78 is 8.86. The normalized spacial score (nSPS) is 14.2. The molecule has 0 atom stereocenters. The fourth-order valence-electron chi connectivity index (χ4n) is 3.91. The Kier molecular flexibility index (Phi) is 7.81. The van der Waals surface area contributed by atoms with Gasteiger partial charge in [0, 0.05) is 16.3 Å². The molecule has 0 spiro atoms. The van der Waals surface area contributed by atoms with Crippen LogP contribution in [0.25, 0.3) is 10.4 Å². The molecule has 1 aliphatic carbocycles. The molecule has 164 valence electrons. The van der Waals surface area contributed by atoms with Crippen molar-refractivity contribution in [1.82, 2.24) is 4.72 Å². The molecule has 2 aromatic carbocycles. The number of nitrogens with one attached hydrogen (secondary N) is 1. The molecular formula is C25H29NO3S2. The monoisotopic (exact) mass is 455 g/mol. The highest BCUT2D eigenvalue weighted by molar-refractivity contribution is 7.78. The minimum atomic E-state index is -0.250. The lowest BCUT2D eigenvalue weighted by Crippen LogP contribution is -2.21. The summed E-state index contributed by atoms with van der Waals surface area (Å²) in [5.74, 6) is 1.71. The maximum atomic E-state index is 8.36. The molecule has 31 heavy (non-hydrogen) atoms. The zero-order chi connectivity index (χ0) is 22.4. The van der Waals surface area contributed by atoms with Gasteiger partial charge in [0.05, 0.1) is 0 Å². The van der Waals surface area contributed by atoms with Crippen LogP contribution < -0.4 is 9.46 Å². The molecule has 3 aromatic rings. The summed E-state index contributed by atoms with van der Waals surface area (Å²) >= 11 is 6.02. The number of thiophene rings is 1. The first-order valence-corrected chi connectivity index (χ1v) is 11.6. The van der Waals surface area contributed by atoms with E-state index in [4.69, 9.17) is 14.6 Å². The predicted octanol–water partition coefficient (Wildman–Crippen LogP) is 6.67. The maximum Gasteiger partial charge on any atom is 0.290 e. The standard InChI is InChI=1S/C24H27NOS2.CH2O2/c1-16-21-14-24(2,3)13-12-22(21)28-23(16)18-6-10-20(11-7-18)26-19-8-4-17(5-9-19)15-25-27;2-1-3/h4-11,25,27H,12-15H2,1-3H3;1H,(H,2,3). The second kappa shape index (κ2) is 10.4. The first kappa shape index (κ1) is 23.4. The number of fused-ring (bicyclic) bond motifs is 1. The van der Waals surface area contributed by atoms with Gasteiger partial charge in [-0.3, -0.25) is 9.52 Å². The van der Waals surface area contributed by atoms with Gasteiger partial charge < -0.3 is 9.84 Å². The van der Waals surface area contributed by atoms with Gasteiger partial charge in [0.2, 0.25) is 0 Å². The molecule has 1 aliphatic rings. The third kappa shape index (κ3) is 5.91. The van der Waals surface area contributed by atoms with Gasteiger partial charge in [-0.25, -0.2) is 0 Å². The van der Waals surface area contributed by atoms with Gasteiger partial charge in [-0.2, -0.15) is 0 Å². The number of hydrogen-bond donors (Lipinski definition) is 3. The number of ether oxygens (including phenoxy) is 1. The minimum absolute atomic E-state index is 0.250. The Balaban J connectivity index is 0.000000858. The molecule has 1 aromatic heterocycles. The number of thiol groups is 1. The highest BCUT2D eigenvalue weighted by Crippen LogP contribution is 2.44. The molecule has 0 bridgehead atoms. The first-order valence-electron chi connectivity index (χ1n) is 10.3. The molecule has 0 aliphatic heterocycles. The number of hydrogen-bond acceptors (Lipinski definition) is 5. The van der Waals surface area contributed by atoms with Crippen molar-refractivity contribution in [2.45, 2.75) is 46.6 Å². The lowest BCUT2D eigenvalue weighted by molar-refractivity contribution is -0.122. The Bertz CT molecular complexity index is 1010. The maximum absolute atomic E-state index is 8.36. The van der Waals surface area contributed by atoms with E-state index in [0.717, 1.165) is 18.0 Å². The molecule has 0 saturated heterocycles. The Morgan fingerprint density at radius 2 is 1.71 bits per heavy atom. The summed E-state index contributed by atoms with van der Waals surface area (Å²) in [6.07, 6.45) is 3.70. The number of carboxylic acid groups (broad SMARTS) is 1. The predicted molar refractivity (Wildman–Crippen MR) is 131 cm³/mol. The van der Waals surface area contributed by atoms with Crippen LogP contribution in [0.1, 0.15) is 41.8 Å². The smallest absolute Gasteiger partial charge is 0.290 e. The fraction of sp³-hybridized carbons (Fsp3) is 0.320. The largest absolute Gasteiger partial charge is 0.483 e. The second-order valence-corrected chi connectivity index (χ2v) is 9.93. The van der Waals surface area contributed by atoms with Crippen molar-refractivity contribution in [3.05, 3.63) is 70.1 Å². The third-order valence-corrected chi connectivity index (χ3v) is 7.20. The van der Waals surface area contributed by atoms with E-state index >= 15 is 0 Å². The van der Waals surface area contributed by atoms with Crippen LogP contribution in [0.5, 0.6) is 11.5 Å². The highest BCUT2D eigenvalue weighted by Gasteiger charge is 2.29. The van der Waals surface area contributed by atoms with E-state index in [1.807, 2.05) is 35.6 Å². The van der Waals surface area contributed by atoms with E-state index in [2.05, 4.69) is 62.6 Å². The van der Waals surface area contributed by atoms with Crippen molar-refractivity contribution < 1.29 is 14.6 Å². The quantitative estimate of drug-likeness (QED) is 0.297. The van der Waals surface area contributed by atoms with Crippen LogP contribution in [0.15, 0.2) is 48.5 Å². The van der Waals surface area contributed by atoms with Gasteiger partial charge in [0.25, 0.3) is 6.47 Å². The summed E-state index contributed by atoms with van der Waals surface area (Å²) in [5.41, 5.74) is 5.95. The molecule has 0 amide bonds. The highest BCUT2D eigenvalue weighted by atomic mass is 32.1. The van der Waals surface area contributed by atoms with Crippen LogP contribution in [0.4, 0.5) is 0 Å². The molecule has 6 heteroatoms. The van der Waals surface area contributed by atoms with Gasteiger partial charge in [0.15, 0.2) is 0 Å². The van der Waals surface area contributed by atoms with Crippen molar-refractivity contribution in [2.75, 3.05) is 0 Å². The average molecular weight is 456 g/mol. The van der Waals surface area contributed by atoms with Crippen LogP contribution in [-0.4, -0.2) is 11.6 Å². The minimum Gasteiger partial charge on any atom is -0.483 e. The van der Waals surface area contributed by atoms with Crippen molar-refractivity contribution >= 4 is 30.6 Å². The van der Waals surface area contributed by atoms with Gasteiger partial charge in [-0.15, -0.1) is 11.3 Å². The Morgan fingerprint density at radius 1 is 1.13 bits per heavy atom. The van der Waals surface area contributed by atoms with Gasteiger partial charge in [-0.05, 0) is 90.3 Å². The Morgan fingerprint density at radius 3 is 2.29 bits per heavy atom. The van der Waals surface area contributed by atoms with Gasteiger partial charge in [0.1, 0.15) is 11.5 Å². The SMILES string of the molecule is Cc1c(-c2ccc(Oc3ccc(CNS)cc3)cc2)sc2c1CC(C)(C)CC2.O=CO. The van der Waals surface area contributed by atoms with Crippen molar-refractivity contribution in [1.29, 1.82) is 0 Å². The number of aryl methyl sites for hydroxylation is 1. The van der Waals surface area contributed by atoms with Crippen molar-refractivity contribution in [3.63, 3.8) is 0 Å². The Hall–Kier alpha value is -2.28. The van der Waals surface area contributed by atoms with Gasteiger partial charge in [-0.1, -0.05) is 38.8 Å².